The predicted octanol–water partition coefficient (Wildman–Crippen LogP) is 4.64. The van der Waals surface area contributed by atoms with Gasteiger partial charge >= 0.3 is 11.8 Å². The van der Waals surface area contributed by atoms with E-state index in [4.69, 9.17) is 18.9 Å². The SMILES string of the molecule is COCCCCOC(c1ccccc1)C1CCN(C(=O)C(=O)NC(CC2CCCCC2)C(O)CNCc2cc(OC)cc(OC)c2)C1. The Bertz CT molecular complexity index is 1200. The molecule has 4 rings (SSSR count). The third-order valence-electron chi connectivity index (χ3n) is 9.49. The van der Waals surface area contributed by atoms with Crippen molar-refractivity contribution in [1.82, 2.24) is 15.5 Å². The largest absolute Gasteiger partial charge is 0.497 e. The minimum atomic E-state index is -0.860. The van der Waals surface area contributed by atoms with Gasteiger partial charge in [0.25, 0.3) is 0 Å². The van der Waals surface area contributed by atoms with E-state index in [9.17, 15) is 14.7 Å². The van der Waals surface area contributed by atoms with Gasteiger partial charge in [0, 0.05) is 58.5 Å². The highest BCUT2D eigenvalue weighted by molar-refractivity contribution is 6.35. The molecule has 47 heavy (non-hydrogen) atoms. The molecule has 0 spiro atoms. The number of unbranched alkanes of at least 4 members (excludes halogenated alkanes) is 1. The van der Waals surface area contributed by atoms with E-state index in [-0.39, 0.29) is 18.6 Å². The number of methoxy groups -OCH3 is 3. The summed E-state index contributed by atoms with van der Waals surface area (Å²) in [6.07, 6.45) is 7.87. The van der Waals surface area contributed by atoms with Crippen LogP contribution in [-0.4, -0.2) is 88.1 Å². The zero-order chi connectivity index (χ0) is 33.4. The topological polar surface area (TPSA) is 119 Å². The fourth-order valence-electron chi connectivity index (χ4n) is 6.87. The molecular formula is C37H55N3O7. The summed E-state index contributed by atoms with van der Waals surface area (Å²) < 4.78 is 22.3. The van der Waals surface area contributed by atoms with Crippen LogP contribution in [0.15, 0.2) is 48.5 Å². The molecule has 4 unspecified atom stereocenters. The van der Waals surface area contributed by atoms with Crippen molar-refractivity contribution in [3.8, 4) is 11.5 Å². The molecule has 3 N–H and O–H groups in total. The predicted molar refractivity (Wildman–Crippen MR) is 181 cm³/mol. The monoisotopic (exact) mass is 653 g/mol. The van der Waals surface area contributed by atoms with E-state index in [1.54, 1.807) is 26.2 Å². The number of benzene rings is 2. The number of likely N-dealkylation sites (tertiary alicyclic amines) is 1. The molecule has 2 aromatic rings. The number of nitrogens with one attached hydrogen (secondary N) is 2. The normalized spacial score (nSPS) is 18.8. The molecular weight excluding hydrogens is 598 g/mol. The van der Waals surface area contributed by atoms with Gasteiger partial charge in [-0.2, -0.15) is 0 Å². The van der Waals surface area contributed by atoms with Crippen LogP contribution in [0.2, 0.25) is 0 Å². The van der Waals surface area contributed by atoms with Crippen LogP contribution in [0, 0.1) is 11.8 Å². The number of rotatable bonds is 18. The summed E-state index contributed by atoms with van der Waals surface area (Å²) in [5.74, 6) is 0.674. The molecule has 10 nitrogen and oxygen atoms in total. The van der Waals surface area contributed by atoms with E-state index < -0.39 is 24.0 Å². The standard InChI is InChI=1S/C37H55N3O7/c1-44-18-10-11-19-47-35(29-14-8-5-9-15-29)30-16-17-40(26-30)37(43)36(42)39-33(22-27-12-6-4-7-13-27)34(41)25-38-24-28-20-31(45-2)23-32(21-28)46-3/h5,8-9,14-15,20-21,23,27,30,33-35,38,41H,4,6-7,10-13,16-19,22,24-26H2,1-3H3,(H,39,42). The summed E-state index contributed by atoms with van der Waals surface area (Å²) in [4.78, 5) is 28.6. The van der Waals surface area contributed by atoms with Crippen molar-refractivity contribution in [3.05, 3.63) is 59.7 Å². The van der Waals surface area contributed by atoms with Gasteiger partial charge in [0.1, 0.15) is 11.5 Å². The average Bonchev–Trinajstić information content (AvgIpc) is 3.59. The van der Waals surface area contributed by atoms with Gasteiger partial charge < -0.3 is 39.6 Å². The summed E-state index contributed by atoms with van der Waals surface area (Å²) >= 11 is 0. The molecule has 2 amide bonds. The van der Waals surface area contributed by atoms with Crippen molar-refractivity contribution in [2.45, 2.75) is 82.6 Å². The van der Waals surface area contributed by atoms with Crippen LogP contribution in [0.3, 0.4) is 0 Å². The summed E-state index contributed by atoms with van der Waals surface area (Å²) in [5.41, 5.74) is 2.03. The van der Waals surface area contributed by atoms with Gasteiger partial charge in [-0.15, -0.1) is 0 Å². The molecule has 1 saturated carbocycles. The Morgan fingerprint density at radius 2 is 1.64 bits per heavy atom. The maximum absolute atomic E-state index is 13.5. The van der Waals surface area contributed by atoms with Gasteiger partial charge in [-0.1, -0.05) is 62.4 Å². The van der Waals surface area contributed by atoms with Crippen molar-refractivity contribution < 1.29 is 33.6 Å². The van der Waals surface area contributed by atoms with Gasteiger partial charge in [-0.05, 0) is 54.9 Å². The lowest BCUT2D eigenvalue weighted by Gasteiger charge is -2.30. The first-order chi connectivity index (χ1) is 22.9. The number of hydrogen-bond acceptors (Lipinski definition) is 8. The highest BCUT2D eigenvalue weighted by atomic mass is 16.5. The Morgan fingerprint density at radius 1 is 0.936 bits per heavy atom. The van der Waals surface area contributed by atoms with Gasteiger partial charge in [-0.3, -0.25) is 9.59 Å². The maximum Gasteiger partial charge on any atom is 0.311 e. The minimum Gasteiger partial charge on any atom is -0.497 e. The van der Waals surface area contributed by atoms with Crippen molar-refractivity contribution in [1.29, 1.82) is 0 Å². The van der Waals surface area contributed by atoms with Crippen molar-refractivity contribution >= 4 is 11.8 Å². The minimum absolute atomic E-state index is 0.0830. The number of ether oxygens (including phenoxy) is 4. The molecule has 2 fully saturated rings. The zero-order valence-electron chi connectivity index (χ0n) is 28.5. The Balaban J connectivity index is 1.35. The number of aliphatic hydroxyl groups is 1. The number of aliphatic hydroxyl groups excluding tert-OH is 1. The Morgan fingerprint density at radius 3 is 2.32 bits per heavy atom. The van der Waals surface area contributed by atoms with Gasteiger partial charge in [-0.25, -0.2) is 0 Å². The molecule has 1 aliphatic carbocycles. The summed E-state index contributed by atoms with van der Waals surface area (Å²) in [6.45, 7) is 3.00. The lowest BCUT2D eigenvalue weighted by molar-refractivity contribution is -0.146. The van der Waals surface area contributed by atoms with Crippen molar-refractivity contribution in [2.24, 2.45) is 11.8 Å². The molecule has 4 atom stereocenters. The first kappa shape index (κ1) is 36.7. The molecule has 1 aliphatic heterocycles. The van der Waals surface area contributed by atoms with Crippen LogP contribution < -0.4 is 20.1 Å². The van der Waals surface area contributed by atoms with E-state index in [0.717, 1.165) is 56.1 Å². The molecule has 1 heterocycles. The smallest absolute Gasteiger partial charge is 0.311 e. The van der Waals surface area contributed by atoms with Gasteiger partial charge in [0.15, 0.2) is 0 Å². The second kappa shape index (κ2) is 19.6. The summed E-state index contributed by atoms with van der Waals surface area (Å²) in [6, 6.07) is 15.2. The van der Waals surface area contributed by atoms with Crippen LogP contribution in [0.5, 0.6) is 11.5 Å². The van der Waals surface area contributed by atoms with Crippen LogP contribution in [0.25, 0.3) is 0 Å². The second-order valence-electron chi connectivity index (χ2n) is 12.9. The number of carbonyl (C=O) groups excluding carboxylic acids is 2. The molecule has 0 aromatic heterocycles. The maximum atomic E-state index is 13.5. The van der Waals surface area contributed by atoms with E-state index in [2.05, 4.69) is 22.8 Å². The van der Waals surface area contributed by atoms with E-state index in [0.29, 0.717) is 56.7 Å². The fourth-order valence-corrected chi connectivity index (χ4v) is 6.87. The average molecular weight is 654 g/mol. The highest BCUT2D eigenvalue weighted by Gasteiger charge is 2.37. The van der Waals surface area contributed by atoms with Gasteiger partial charge in [0.2, 0.25) is 0 Å². The molecule has 1 saturated heterocycles. The molecule has 2 aromatic carbocycles. The Kier molecular flexibility index (Phi) is 15.3. The highest BCUT2D eigenvalue weighted by Crippen LogP contribution is 2.34. The van der Waals surface area contributed by atoms with E-state index in [1.807, 2.05) is 36.4 Å². The quantitative estimate of drug-likeness (QED) is 0.157. The Labute approximate surface area is 280 Å². The third kappa shape index (κ3) is 11.5. The number of nitrogens with zero attached hydrogens (tertiary/aromatic N) is 1. The third-order valence-corrected chi connectivity index (χ3v) is 9.49. The molecule has 10 heteroatoms. The van der Waals surface area contributed by atoms with Crippen molar-refractivity contribution in [2.75, 3.05) is 54.2 Å². The summed E-state index contributed by atoms with van der Waals surface area (Å²) in [7, 11) is 4.92. The lowest BCUT2D eigenvalue weighted by atomic mass is 9.83. The first-order valence-corrected chi connectivity index (χ1v) is 17.3. The molecule has 260 valence electrons. The second-order valence-corrected chi connectivity index (χ2v) is 12.9. The number of hydrogen-bond donors (Lipinski definition) is 3. The van der Waals surface area contributed by atoms with Crippen LogP contribution in [0.4, 0.5) is 0 Å². The Hall–Kier alpha value is -3.18. The lowest BCUT2D eigenvalue weighted by Crippen LogP contribution is -2.52. The molecule has 0 radical (unpaired) electrons. The van der Waals surface area contributed by atoms with Crippen molar-refractivity contribution in [3.63, 3.8) is 0 Å². The van der Waals surface area contributed by atoms with Crippen LogP contribution in [0.1, 0.15) is 75.0 Å². The van der Waals surface area contributed by atoms with Gasteiger partial charge in [0.05, 0.1) is 32.5 Å². The van der Waals surface area contributed by atoms with E-state index in [1.165, 1.54) is 6.42 Å². The molecule has 0 bridgehead atoms. The molecule has 2 aliphatic rings. The van der Waals surface area contributed by atoms with Crippen LogP contribution in [-0.2, 0) is 25.6 Å². The van der Waals surface area contributed by atoms with E-state index >= 15 is 0 Å². The fraction of sp³-hybridized carbons (Fsp3) is 0.622. The van der Waals surface area contributed by atoms with Crippen LogP contribution >= 0.6 is 0 Å². The summed E-state index contributed by atoms with van der Waals surface area (Å²) in [5, 5.41) is 17.6. The number of carbonyl (C=O) groups is 2. The number of amides is 2. The zero-order valence-corrected chi connectivity index (χ0v) is 28.5. The first-order valence-electron chi connectivity index (χ1n) is 17.3.